The van der Waals surface area contributed by atoms with E-state index in [0.717, 1.165) is 13.0 Å². The molecule has 0 aliphatic carbocycles. The van der Waals surface area contributed by atoms with Gasteiger partial charge >= 0.3 is 0 Å². The third-order valence-corrected chi connectivity index (χ3v) is 4.47. The van der Waals surface area contributed by atoms with Crippen LogP contribution in [0.2, 0.25) is 0 Å². The van der Waals surface area contributed by atoms with Crippen molar-refractivity contribution in [1.29, 1.82) is 0 Å². The molecule has 1 atom stereocenters. The minimum absolute atomic E-state index is 0. The summed E-state index contributed by atoms with van der Waals surface area (Å²) >= 11 is 0. The summed E-state index contributed by atoms with van der Waals surface area (Å²) in [5, 5.41) is 6.35. The van der Waals surface area contributed by atoms with Crippen molar-refractivity contribution in [1.82, 2.24) is 5.32 Å². The average Bonchev–Trinajstić information content (AvgIpc) is 2.58. The molecule has 0 radical (unpaired) electrons. The van der Waals surface area contributed by atoms with E-state index in [-0.39, 0.29) is 12.4 Å². The van der Waals surface area contributed by atoms with Crippen LogP contribution in [-0.4, -0.2) is 6.54 Å². The highest BCUT2D eigenvalue weighted by Gasteiger charge is 2.08. The lowest BCUT2D eigenvalue weighted by molar-refractivity contribution is 0.561. The molecule has 0 spiro atoms. The van der Waals surface area contributed by atoms with Gasteiger partial charge in [0.25, 0.3) is 0 Å². The predicted molar refractivity (Wildman–Crippen MR) is 107 cm³/mol. The van der Waals surface area contributed by atoms with Gasteiger partial charge in [-0.1, -0.05) is 72.3 Å². The molecule has 2 heteroatoms. The molecule has 3 aromatic carbocycles. The molecule has 0 aliphatic heterocycles. The van der Waals surface area contributed by atoms with E-state index < -0.39 is 0 Å². The van der Waals surface area contributed by atoms with Gasteiger partial charge in [-0.2, -0.15) is 0 Å². The summed E-state index contributed by atoms with van der Waals surface area (Å²) in [6.07, 6.45) is 2.30. The Bertz CT molecular complexity index is 776. The summed E-state index contributed by atoms with van der Waals surface area (Å²) in [5.41, 5.74) is 4.17. The zero-order valence-electron chi connectivity index (χ0n) is 14.5. The maximum Gasteiger partial charge on any atom is 0.0297 e. The number of nitrogens with one attached hydrogen (secondary N) is 1. The Morgan fingerprint density at radius 1 is 0.917 bits per heavy atom. The van der Waals surface area contributed by atoms with Crippen molar-refractivity contribution in [2.45, 2.75) is 32.7 Å². The van der Waals surface area contributed by atoms with Crippen molar-refractivity contribution in [2.24, 2.45) is 0 Å². The Morgan fingerprint density at radius 2 is 1.67 bits per heavy atom. The SMILES string of the molecule is Cc1cccc(CCCNC(C)c2cccc3ccccc23)c1.Cl. The normalized spacial score (nSPS) is 11.9. The summed E-state index contributed by atoms with van der Waals surface area (Å²) in [5.74, 6) is 0. The highest BCUT2D eigenvalue weighted by atomic mass is 35.5. The first-order valence-electron chi connectivity index (χ1n) is 8.50. The van der Waals surface area contributed by atoms with Gasteiger partial charge in [-0.3, -0.25) is 0 Å². The molecular formula is C22H26ClN. The third-order valence-electron chi connectivity index (χ3n) is 4.47. The van der Waals surface area contributed by atoms with Gasteiger partial charge in [0.1, 0.15) is 0 Å². The summed E-state index contributed by atoms with van der Waals surface area (Å²) < 4.78 is 0. The molecule has 126 valence electrons. The molecule has 0 bridgehead atoms. The lowest BCUT2D eigenvalue weighted by atomic mass is 9.99. The van der Waals surface area contributed by atoms with Crippen molar-refractivity contribution < 1.29 is 0 Å². The summed E-state index contributed by atoms with van der Waals surface area (Å²) in [6, 6.07) is 24.4. The fraction of sp³-hybridized carbons (Fsp3) is 0.273. The molecule has 0 aliphatic rings. The maximum absolute atomic E-state index is 3.68. The van der Waals surface area contributed by atoms with Crippen LogP contribution in [0.1, 0.15) is 36.1 Å². The molecular weight excluding hydrogens is 314 g/mol. The van der Waals surface area contributed by atoms with Crippen LogP contribution in [0, 0.1) is 6.92 Å². The van der Waals surface area contributed by atoms with Gasteiger partial charge in [0.2, 0.25) is 0 Å². The van der Waals surface area contributed by atoms with Gasteiger partial charge in [-0.05, 0) is 55.1 Å². The van der Waals surface area contributed by atoms with E-state index in [4.69, 9.17) is 0 Å². The summed E-state index contributed by atoms with van der Waals surface area (Å²) in [6.45, 7) is 5.46. The van der Waals surface area contributed by atoms with E-state index in [2.05, 4.69) is 85.9 Å². The van der Waals surface area contributed by atoms with Crippen LogP contribution in [0.5, 0.6) is 0 Å². The van der Waals surface area contributed by atoms with Crippen LogP contribution in [-0.2, 0) is 6.42 Å². The van der Waals surface area contributed by atoms with Crippen molar-refractivity contribution in [3.63, 3.8) is 0 Å². The van der Waals surface area contributed by atoms with E-state index in [1.54, 1.807) is 0 Å². The second kappa shape index (κ2) is 8.86. The molecule has 1 N–H and O–H groups in total. The minimum atomic E-state index is 0. The van der Waals surface area contributed by atoms with Crippen molar-refractivity contribution in [3.05, 3.63) is 83.4 Å². The summed E-state index contributed by atoms with van der Waals surface area (Å²) in [4.78, 5) is 0. The number of benzene rings is 3. The number of rotatable bonds is 6. The van der Waals surface area contributed by atoms with E-state index in [0.29, 0.717) is 6.04 Å². The van der Waals surface area contributed by atoms with E-state index in [9.17, 15) is 0 Å². The number of aryl methyl sites for hydroxylation is 2. The molecule has 0 fully saturated rings. The second-order valence-corrected chi connectivity index (χ2v) is 6.34. The fourth-order valence-corrected chi connectivity index (χ4v) is 3.22. The van der Waals surface area contributed by atoms with Crippen LogP contribution in [0.4, 0.5) is 0 Å². The van der Waals surface area contributed by atoms with Crippen LogP contribution in [0.3, 0.4) is 0 Å². The molecule has 0 heterocycles. The minimum Gasteiger partial charge on any atom is -0.310 e. The van der Waals surface area contributed by atoms with Gasteiger partial charge in [0.05, 0.1) is 0 Å². The Morgan fingerprint density at radius 3 is 2.50 bits per heavy atom. The molecule has 1 nitrogen and oxygen atoms in total. The third kappa shape index (κ3) is 4.59. The first-order chi connectivity index (χ1) is 11.2. The molecule has 24 heavy (non-hydrogen) atoms. The van der Waals surface area contributed by atoms with E-state index >= 15 is 0 Å². The van der Waals surface area contributed by atoms with Gasteiger partial charge in [0, 0.05) is 6.04 Å². The van der Waals surface area contributed by atoms with Crippen molar-refractivity contribution in [2.75, 3.05) is 6.54 Å². The second-order valence-electron chi connectivity index (χ2n) is 6.34. The van der Waals surface area contributed by atoms with Crippen LogP contribution < -0.4 is 5.32 Å². The Hall–Kier alpha value is -1.83. The van der Waals surface area contributed by atoms with Gasteiger partial charge < -0.3 is 5.32 Å². The molecule has 0 aromatic heterocycles. The van der Waals surface area contributed by atoms with Gasteiger partial charge in [-0.15, -0.1) is 12.4 Å². The standard InChI is InChI=1S/C22H25N.ClH/c1-17-8-5-9-19(16-17)10-7-15-23-18(2)21-14-6-12-20-11-3-4-13-22(20)21;/h3-6,8-9,11-14,16,18,23H,7,10,15H2,1-2H3;1H. The van der Waals surface area contributed by atoms with Gasteiger partial charge in [-0.25, -0.2) is 0 Å². The van der Waals surface area contributed by atoms with Gasteiger partial charge in [0.15, 0.2) is 0 Å². The number of halogens is 1. The zero-order valence-corrected chi connectivity index (χ0v) is 15.3. The first-order valence-corrected chi connectivity index (χ1v) is 8.50. The molecule has 3 rings (SSSR count). The Balaban J connectivity index is 0.00000208. The van der Waals surface area contributed by atoms with Crippen molar-refractivity contribution in [3.8, 4) is 0 Å². The Kier molecular flexibility index (Phi) is 6.84. The number of hydrogen-bond acceptors (Lipinski definition) is 1. The molecule has 0 amide bonds. The maximum atomic E-state index is 3.68. The molecule has 1 unspecified atom stereocenters. The molecule has 3 aromatic rings. The highest BCUT2D eigenvalue weighted by Crippen LogP contribution is 2.23. The monoisotopic (exact) mass is 339 g/mol. The van der Waals surface area contributed by atoms with Crippen LogP contribution >= 0.6 is 12.4 Å². The number of fused-ring (bicyclic) bond motifs is 1. The lowest BCUT2D eigenvalue weighted by Crippen LogP contribution is -2.20. The number of hydrogen-bond donors (Lipinski definition) is 1. The Labute approximate surface area is 151 Å². The summed E-state index contributed by atoms with van der Waals surface area (Å²) in [7, 11) is 0. The highest BCUT2D eigenvalue weighted by molar-refractivity contribution is 5.86. The van der Waals surface area contributed by atoms with E-state index in [1.165, 1.54) is 33.9 Å². The van der Waals surface area contributed by atoms with E-state index in [1.807, 2.05) is 0 Å². The molecule has 0 saturated carbocycles. The van der Waals surface area contributed by atoms with Crippen LogP contribution in [0.25, 0.3) is 10.8 Å². The average molecular weight is 340 g/mol. The smallest absolute Gasteiger partial charge is 0.0297 e. The molecule has 0 saturated heterocycles. The topological polar surface area (TPSA) is 12.0 Å². The lowest BCUT2D eigenvalue weighted by Gasteiger charge is -2.16. The zero-order chi connectivity index (χ0) is 16.1. The first kappa shape index (κ1) is 18.5. The predicted octanol–water partition coefficient (Wildman–Crippen LogP) is 5.85. The fourth-order valence-electron chi connectivity index (χ4n) is 3.22. The quantitative estimate of drug-likeness (QED) is 0.555. The van der Waals surface area contributed by atoms with Crippen LogP contribution in [0.15, 0.2) is 66.7 Å². The van der Waals surface area contributed by atoms with Crippen molar-refractivity contribution >= 4 is 23.2 Å². The largest absolute Gasteiger partial charge is 0.310 e.